The van der Waals surface area contributed by atoms with Crippen LogP contribution in [0.15, 0.2) is 101 Å². The molecule has 0 spiro atoms. The van der Waals surface area contributed by atoms with Crippen LogP contribution < -0.4 is 19.5 Å². The molecule has 7 nitrogen and oxygen atoms in total. The molecule has 2 aliphatic rings. The first-order chi connectivity index (χ1) is 19.5. The normalized spacial score (nSPS) is 18.5. The third-order valence-corrected chi connectivity index (χ3v) is 7.40. The largest absolute Gasteiger partial charge is 0.497 e. The van der Waals surface area contributed by atoms with Crippen molar-refractivity contribution in [2.45, 2.75) is 31.6 Å². The summed E-state index contributed by atoms with van der Waals surface area (Å²) in [5, 5.41) is 3.40. The minimum Gasteiger partial charge on any atom is -0.497 e. The van der Waals surface area contributed by atoms with Crippen molar-refractivity contribution >= 4 is 11.8 Å². The van der Waals surface area contributed by atoms with E-state index in [0.717, 1.165) is 11.3 Å². The minimum absolute atomic E-state index is 0.00400. The van der Waals surface area contributed by atoms with Crippen LogP contribution in [-0.4, -0.2) is 39.2 Å². The van der Waals surface area contributed by atoms with E-state index in [4.69, 9.17) is 18.9 Å². The van der Waals surface area contributed by atoms with Gasteiger partial charge in [-0.15, -0.1) is 0 Å². The molecule has 0 radical (unpaired) electrons. The number of ketones is 1. The van der Waals surface area contributed by atoms with Gasteiger partial charge in [-0.2, -0.15) is 0 Å². The molecule has 1 heterocycles. The van der Waals surface area contributed by atoms with E-state index in [1.807, 2.05) is 67.6 Å². The van der Waals surface area contributed by atoms with Gasteiger partial charge in [0.05, 0.1) is 25.7 Å². The number of rotatable bonds is 9. The number of ether oxygens (including phenoxy) is 4. The molecule has 0 saturated carbocycles. The number of benzene rings is 3. The van der Waals surface area contributed by atoms with Crippen LogP contribution in [0.25, 0.3) is 0 Å². The first-order valence-electron chi connectivity index (χ1n) is 13.4. The summed E-state index contributed by atoms with van der Waals surface area (Å²) in [7, 11) is 3.15. The number of esters is 1. The number of para-hydroxylation sites is 1. The average molecular weight is 540 g/mol. The van der Waals surface area contributed by atoms with Crippen molar-refractivity contribution in [3.63, 3.8) is 0 Å². The van der Waals surface area contributed by atoms with E-state index in [2.05, 4.69) is 17.4 Å². The van der Waals surface area contributed by atoms with Crippen LogP contribution >= 0.6 is 0 Å². The fourth-order valence-corrected chi connectivity index (χ4v) is 5.53. The number of methoxy groups -OCH3 is 2. The molecule has 1 aliphatic carbocycles. The Balaban J connectivity index is 1.47. The molecular weight excluding hydrogens is 506 g/mol. The summed E-state index contributed by atoms with van der Waals surface area (Å²) in [6, 6.07) is 24.8. The Morgan fingerprint density at radius 3 is 2.30 bits per heavy atom. The van der Waals surface area contributed by atoms with Gasteiger partial charge in [0.15, 0.2) is 5.78 Å². The predicted molar refractivity (Wildman–Crippen MR) is 151 cm³/mol. The molecule has 0 amide bonds. The first kappa shape index (κ1) is 27.1. The number of hydrogen-bond acceptors (Lipinski definition) is 7. The lowest BCUT2D eigenvalue weighted by molar-refractivity contribution is -0.140. The van der Waals surface area contributed by atoms with Crippen LogP contribution in [0.2, 0.25) is 0 Å². The zero-order valence-corrected chi connectivity index (χ0v) is 22.9. The summed E-state index contributed by atoms with van der Waals surface area (Å²) in [5.74, 6) is 0.737. The highest BCUT2D eigenvalue weighted by Crippen LogP contribution is 2.48. The lowest BCUT2D eigenvalue weighted by Gasteiger charge is -2.37. The standard InChI is InChI=1S/C33H33NO6/c1-21-30(33(36)40-17-16-39-24-12-8-5-9-13-24)31(26-15-14-25(37-2)20-29(26)38-3)32-27(34-21)18-23(19-28(32)35)22-10-6-4-7-11-22/h4-15,20,23,31,34H,16-19H2,1-3H3/t23-,31+/m1/s1. The Bertz CT molecular complexity index is 1440. The SMILES string of the molecule is COc1ccc([C@H]2C(C(=O)OCCOc3ccccc3)=C(C)NC3=C2C(=O)C[C@H](c2ccccc2)C3)c(OC)c1. The molecule has 206 valence electrons. The Hall–Kier alpha value is -4.52. The van der Waals surface area contributed by atoms with Crippen LogP contribution in [-0.2, 0) is 14.3 Å². The van der Waals surface area contributed by atoms with Gasteiger partial charge in [-0.1, -0.05) is 54.6 Å². The topological polar surface area (TPSA) is 83.1 Å². The second-order valence-electron chi connectivity index (χ2n) is 9.83. The van der Waals surface area contributed by atoms with E-state index < -0.39 is 11.9 Å². The van der Waals surface area contributed by atoms with Gasteiger partial charge < -0.3 is 24.3 Å². The summed E-state index contributed by atoms with van der Waals surface area (Å²) in [6.07, 6.45) is 1.01. The number of Topliss-reactive ketones (excluding diaryl/α,β-unsaturated/α-hetero) is 1. The lowest BCUT2D eigenvalue weighted by Crippen LogP contribution is -2.36. The minimum atomic E-state index is -0.649. The second-order valence-corrected chi connectivity index (χ2v) is 9.83. The first-order valence-corrected chi connectivity index (χ1v) is 13.4. The molecule has 3 aromatic carbocycles. The predicted octanol–water partition coefficient (Wildman–Crippen LogP) is 5.69. The monoisotopic (exact) mass is 539 g/mol. The lowest BCUT2D eigenvalue weighted by atomic mass is 9.71. The van der Waals surface area contributed by atoms with E-state index >= 15 is 0 Å². The Morgan fingerprint density at radius 1 is 0.875 bits per heavy atom. The molecule has 40 heavy (non-hydrogen) atoms. The maximum absolute atomic E-state index is 13.9. The Labute approximate surface area is 234 Å². The van der Waals surface area contributed by atoms with Crippen molar-refractivity contribution in [2.24, 2.45) is 0 Å². The fourth-order valence-electron chi connectivity index (χ4n) is 5.53. The molecule has 0 aromatic heterocycles. The summed E-state index contributed by atoms with van der Waals surface area (Å²) in [5.41, 5.74) is 4.26. The average Bonchev–Trinajstić information content (AvgIpc) is 2.99. The molecule has 2 atom stereocenters. The van der Waals surface area contributed by atoms with Gasteiger partial charge >= 0.3 is 5.97 Å². The highest BCUT2D eigenvalue weighted by atomic mass is 16.6. The zero-order chi connectivity index (χ0) is 28.1. The number of nitrogens with one attached hydrogen (secondary N) is 1. The van der Waals surface area contributed by atoms with Crippen molar-refractivity contribution in [1.29, 1.82) is 0 Å². The molecule has 0 fully saturated rings. The summed E-state index contributed by atoms with van der Waals surface area (Å²) >= 11 is 0. The van der Waals surface area contributed by atoms with Gasteiger partial charge in [0, 0.05) is 35.0 Å². The number of dihydropyridines is 1. The Morgan fingerprint density at radius 2 is 1.60 bits per heavy atom. The zero-order valence-electron chi connectivity index (χ0n) is 22.9. The molecule has 0 saturated heterocycles. The van der Waals surface area contributed by atoms with Gasteiger partial charge in [0.1, 0.15) is 30.5 Å². The summed E-state index contributed by atoms with van der Waals surface area (Å²) in [6.45, 7) is 2.12. The molecule has 1 aliphatic heterocycles. The quantitative estimate of drug-likeness (QED) is 0.276. The van der Waals surface area contributed by atoms with Crippen molar-refractivity contribution in [1.82, 2.24) is 5.32 Å². The van der Waals surface area contributed by atoms with Crippen LogP contribution in [0.4, 0.5) is 0 Å². The Kier molecular flexibility index (Phi) is 8.20. The highest BCUT2D eigenvalue weighted by Gasteiger charge is 2.42. The third kappa shape index (κ3) is 5.59. The maximum Gasteiger partial charge on any atom is 0.336 e. The highest BCUT2D eigenvalue weighted by molar-refractivity contribution is 6.04. The molecule has 7 heteroatoms. The molecule has 0 bridgehead atoms. The fraction of sp³-hybridized carbons (Fsp3) is 0.273. The molecular formula is C33H33NO6. The van der Waals surface area contributed by atoms with E-state index in [-0.39, 0.29) is 24.9 Å². The summed E-state index contributed by atoms with van der Waals surface area (Å²) < 4.78 is 22.5. The summed E-state index contributed by atoms with van der Waals surface area (Å²) in [4.78, 5) is 27.5. The van der Waals surface area contributed by atoms with Gasteiger partial charge in [-0.3, -0.25) is 4.79 Å². The van der Waals surface area contributed by atoms with Gasteiger partial charge in [-0.25, -0.2) is 4.79 Å². The smallest absolute Gasteiger partial charge is 0.336 e. The van der Waals surface area contributed by atoms with Crippen LogP contribution in [0.3, 0.4) is 0 Å². The number of carbonyl (C=O) groups excluding carboxylic acids is 2. The third-order valence-electron chi connectivity index (χ3n) is 7.40. The number of hydrogen-bond donors (Lipinski definition) is 1. The molecule has 5 rings (SSSR count). The van der Waals surface area contributed by atoms with Crippen LogP contribution in [0.5, 0.6) is 17.2 Å². The van der Waals surface area contributed by atoms with Gasteiger partial charge in [0.25, 0.3) is 0 Å². The van der Waals surface area contributed by atoms with Gasteiger partial charge in [0.2, 0.25) is 0 Å². The maximum atomic E-state index is 13.9. The van der Waals surface area contributed by atoms with E-state index in [1.54, 1.807) is 20.3 Å². The van der Waals surface area contributed by atoms with E-state index in [1.165, 1.54) is 0 Å². The van der Waals surface area contributed by atoms with Crippen molar-refractivity contribution < 1.29 is 28.5 Å². The van der Waals surface area contributed by atoms with Crippen LogP contribution in [0, 0.1) is 0 Å². The second kappa shape index (κ2) is 12.1. The van der Waals surface area contributed by atoms with E-state index in [9.17, 15) is 9.59 Å². The number of carbonyl (C=O) groups is 2. The van der Waals surface area contributed by atoms with E-state index in [0.29, 0.717) is 52.5 Å². The van der Waals surface area contributed by atoms with Crippen molar-refractivity contribution in [3.05, 3.63) is 113 Å². The van der Waals surface area contributed by atoms with Crippen molar-refractivity contribution in [2.75, 3.05) is 27.4 Å². The molecule has 0 unspecified atom stereocenters. The van der Waals surface area contributed by atoms with Crippen molar-refractivity contribution in [3.8, 4) is 17.2 Å². The number of allylic oxidation sites excluding steroid dienone is 3. The molecule has 1 N–H and O–H groups in total. The van der Waals surface area contributed by atoms with Gasteiger partial charge in [-0.05, 0) is 43.0 Å². The molecule has 3 aromatic rings. The van der Waals surface area contributed by atoms with Crippen LogP contribution in [0.1, 0.15) is 42.7 Å².